The van der Waals surface area contributed by atoms with Crippen molar-refractivity contribution in [2.24, 2.45) is 0 Å². The van der Waals surface area contributed by atoms with Crippen LogP contribution < -0.4 is 5.73 Å². The smallest absolute Gasteiger partial charge is 0.355 e. The van der Waals surface area contributed by atoms with Gasteiger partial charge in [0.1, 0.15) is 5.01 Å². The van der Waals surface area contributed by atoms with E-state index in [1.807, 2.05) is 18.2 Å². The van der Waals surface area contributed by atoms with Gasteiger partial charge in [-0.25, -0.2) is 9.78 Å². The summed E-state index contributed by atoms with van der Waals surface area (Å²) in [5, 5.41) is 10.9. The van der Waals surface area contributed by atoms with E-state index in [1.165, 1.54) is 16.7 Å². The molecule has 0 saturated heterocycles. The Bertz CT molecular complexity index is 508. The number of rotatable bonds is 2. The van der Waals surface area contributed by atoms with Crippen LogP contribution in [0, 0.1) is 0 Å². The van der Waals surface area contributed by atoms with Crippen LogP contribution in [0.4, 0.5) is 5.69 Å². The number of nitrogen functional groups attached to an aromatic ring is 1. The summed E-state index contributed by atoms with van der Waals surface area (Å²) in [6, 6.07) is 7.25. The van der Waals surface area contributed by atoms with Crippen LogP contribution in [0.5, 0.6) is 0 Å². The molecular weight excluding hydrogens is 212 g/mol. The Morgan fingerprint density at radius 1 is 1.40 bits per heavy atom. The number of carbonyl (C=O) groups is 1. The van der Waals surface area contributed by atoms with Gasteiger partial charge in [0.15, 0.2) is 5.69 Å². The number of benzene rings is 1. The molecule has 0 amide bonds. The third-order valence-electron chi connectivity index (χ3n) is 1.91. The molecule has 4 nitrogen and oxygen atoms in total. The minimum atomic E-state index is -1.02. The fourth-order valence-corrected chi connectivity index (χ4v) is 2.03. The molecule has 0 aliphatic carbocycles. The van der Waals surface area contributed by atoms with Crippen molar-refractivity contribution < 1.29 is 9.90 Å². The van der Waals surface area contributed by atoms with Gasteiger partial charge in [-0.05, 0) is 12.1 Å². The molecule has 2 rings (SSSR count). The van der Waals surface area contributed by atoms with E-state index in [9.17, 15) is 4.79 Å². The molecule has 0 atom stereocenters. The molecule has 5 heteroatoms. The van der Waals surface area contributed by atoms with Crippen molar-refractivity contribution in [2.45, 2.75) is 0 Å². The first-order valence-corrected chi connectivity index (χ1v) is 5.10. The summed E-state index contributed by atoms with van der Waals surface area (Å²) < 4.78 is 0. The number of thiazole rings is 1. The van der Waals surface area contributed by atoms with E-state index in [0.29, 0.717) is 10.7 Å². The molecule has 76 valence electrons. The summed E-state index contributed by atoms with van der Waals surface area (Å²) in [5.74, 6) is -1.02. The van der Waals surface area contributed by atoms with Gasteiger partial charge < -0.3 is 10.8 Å². The van der Waals surface area contributed by atoms with Crippen LogP contribution in [-0.4, -0.2) is 16.1 Å². The second-order valence-corrected chi connectivity index (χ2v) is 3.79. The summed E-state index contributed by atoms with van der Waals surface area (Å²) in [7, 11) is 0. The topological polar surface area (TPSA) is 76.2 Å². The van der Waals surface area contributed by atoms with Crippen LogP contribution in [0.25, 0.3) is 10.6 Å². The summed E-state index contributed by atoms with van der Waals surface area (Å²) in [6.07, 6.45) is 0. The van der Waals surface area contributed by atoms with Crippen molar-refractivity contribution in [2.75, 3.05) is 5.73 Å². The number of aromatic nitrogens is 1. The third-order valence-corrected chi connectivity index (χ3v) is 2.79. The van der Waals surface area contributed by atoms with Gasteiger partial charge in [-0.1, -0.05) is 12.1 Å². The highest BCUT2D eigenvalue weighted by molar-refractivity contribution is 7.13. The Hall–Kier alpha value is -1.88. The first-order chi connectivity index (χ1) is 7.18. The lowest BCUT2D eigenvalue weighted by atomic mass is 10.2. The maximum absolute atomic E-state index is 10.6. The van der Waals surface area contributed by atoms with Gasteiger partial charge in [0, 0.05) is 16.6 Å². The number of hydrogen-bond acceptors (Lipinski definition) is 4. The molecule has 0 radical (unpaired) electrons. The van der Waals surface area contributed by atoms with Crippen LogP contribution in [0.2, 0.25) is 0 Å². The first kappa shape index (κ1) is 9.67. The summed E-state index contributed by atoms with van der Waals surface area (Å²) in [5.41, 5.74) is 7.18. The van der Waals surface area contributed by atoms with Crippen molar-refractivity contribution in [1.29, 1.82) is 0 Å². The summed E-state index contributed by atoms with van der Waals surface area (Å²) >= 11 is 1.27. The molecule has 2 aromatic rings. The van der Waals surface area contributed by atoms with Crippen molar-refractivity contribution in [3.05, 3.63) is 35.3 Å². The molecule has 0 aliphatic rings. The van der Waals surface area contributed by atoms with E-state index in [0.717, 1.165) is 5.56 Å². The molecule has 1 aromatic heterocycles. The normalized spacial score (nSPS) is 10.1. The average molecular weight is 220 g/mol. The van der Waals surface area contributed by atoms with Gasteiger partial charge in [0.05, 0.1) is 0 Å². The van der Waals surface area contributed by atoms with Crippen LogP contribution in [-0.2, 0) is 0 Å². The number of nitrogens with zero attached hydrogens (tertiary/aromatic N) is 1. The van der Waals surface area contributed by atoms with Crippen molar-refractivity contribution in [1.82, 2.24) is 4.98 Å². The number of carboxylic acid groups (broad SMARTS) is 1. The number of carboxylic acids is 1. The van der Waals surface area contributed by atoms with Crippen molar-refractivity contribution in [3.63, 3.8) is 0 Å². The predicted octanol–water partition coefficient (Wildman–Crippen LogP) is 2.09. The molecule has 1 aromatic carbocycles. The third kappa shape index (κ3) is 1.82. The van der Waals surface area contributed by atoms with Gasteiger partial charge in [-0.15, -0.1) is 11.3 Å². The number of aromatic carboxylic acids is 1. The molecule has 0 saturated carbocycles. The number of nitrogens with two attached hydrogens (primary N) is 1. The monoisotopic (exact) mass is 220 g/mol. The molecule has 0 spiro atoms. The summed E-state index contributed by atoms with van der Waals surface area (Å²) in [6.45, 7) is 0. The van der Waals surface area contributed by atoms with E-state index in [1.54, 1.807) is 6.07 Å². The zero-order valence-electron chi connectivity index (χ0n) is 7.68. The standard InChI is InChI=1S/C10H8N2O2S/c11-7-4-2-1-3-6(7)9-12-8(5-15-9)10(13)14/h1-5H,11H2,(H,13,14). The van der Waals surface area contributed by atoms with E-state index >= 15 is 0 Å². The Labute approximate surface area is 90.0 Å². The minimum Gasteiger partial charge on any atom is -0.476 e. The average Bonchev–Trinajstić information content (AvgIpc) is 2.67. The molecule has 0 aliphatic heterocycles. The zero-order chi connectivity index (χ0) is 10.8. The van der Waals surface area contributed by atoms with Gasteiger partial charge in [-0.3, -0.25) is 0 Å². The highest BCUT2D eigenvalue weighted by Gasteiger charge is 2.11. The quantitative estimate of drug-likeness (QED) is 0.760. The van der Waals surface area contributed by atoms with Gasteiger partial charge in [-0.2, -0.15) is 0 Å². The lowest BCUT2D eigenvalue weighted by molar-refractivity contribution is 0.0691. The summed E-state index contributed by atoms with van der Waals surface area (Å²) in [4.78, 5) is 14.6. The maximum atomic E-state index is 10.6. The first-order valence-electron chi connectivity index (χ1n) is 4.22. The second kappa shape index (κ2) is 3.70. The number of hydrogen-bond donors (Lipinski definition) is 2. The highest BCUT2D eigenvalue weighted by Crippen LogP contribution is 2.28. The van der Waals surface area contributed by atoms with E-state index in [4.69, 9.17) is 10.8 Å². The molecular formula is C10H8N2O2S. The minimum absolute atomic E-state index is 0.0539. The fraction of sp³-hybridized carbons (Fsp3) is 0. The van der Waals surface area contributed by atoms with Crippen LogP contribution in [0.15, 0.2) is 29.6 Å². The Morgan fingerprint density at radius 3 is 2.73 bits per heavy atom. The maximum Gasteiger partial charge on any atom is 0.355 e. The molecule has 1 heterocycles. The van der Waals surface area contributed by atoms with E-state index in [-0.39, 0.29) is 5.69 Å². The Kier molecular flexibility index (Phi) is 2.39. The highest BCUT2D eigenvalue weighted by atomic mass is 32.1. The number of para-hydroxylation sites is 1. The Balaban J connectivity index is 2.46. The molecule has 0 fully saturated rings. The molecule has 0 unspecified atom stereocenters. The molecule has 0 bridgehead atoms. The van der Waals surface area contributed by atoms with Crippen molar-refractivity contribution >= 4 is 23.0 Å². The largest absolute Gasteiger partial charge is 0.476 e. The van der Waals surface area contributed by atoms with Gasteiger partial charge >= 0.3 is 5.97 Å². The van der Waals surface area contributed by atoms with Gasteiger partial charge in [0.25, 0.3) is 0 Å². The molecule has 3 N–H and O–H groups in total. The Morgan fingerprint density at radius 2 is 2.13 bits per heavy atom. The van der Waals surface area contributed by atoms with Crippen LogP contribution in [0.3, 0.4) is 0 Å². The van der Waals surface area contributed by atoms with Crippen LogP contribution in [0.1, 0.15) is 10.5 Å². The lowest BCUT2D eigenvalue weighted by Gasteiger charge is -1.99. The fourth-order valence-electron chi connectivity index (χ4n) is 1.19. The van der Waals surface area contributed by atoms with E-state index in [2.05, 4.69) is 4.98 Å². The SMILES string of the molecule is Nc1ccccc1-c1nc(C(=O)O)cs1. The second-order valence-electron chi connectivity index (χ2n) is 2.93. The van der Waals surface area contributed by atoms with E-state index < -0.39 is 5.97 Å². The lowest BCUT2D eigenvalue weighted by Crippen LogP contribution is -1.96. The van der Waals surface area contributed by atoms with Gasteiger partial charge in [0.2, 0.25) is 0 Å². The van der Waals surface area contributed by atoms with Crippen molar-refractivity contribution in [3.8, 4) is 10.6 Å². The predicted molar refractivity (Wildman–Crippen MR) is 58.9 cm³/mol. The molecule has 15 heavy (non-hydrogen) atoms. The zero-order valence-corrected chi connectivity index (χ0v) is 8.49. The number of anilines is 1. The van der Waals surface area contributed by atoms with Crippen LogP contribution >= 0.6 is 11.3 Å².